The van der Waals surface area contributed by atoms with Gasteiger partial charge in [0.25, 0.3) is 0 Å². The van der Waals surface area contributed by atoms with Crippen molar-refractivity contribution >= 4 is 30.5 Å². The number of rotatable bonds is 9. The van der Waals surface area contributed by atoms with Crippen LogP contribution in [0.2, 0.25) is 0 Å². The third kappa shape index (κ3) is 8.57. The highest BCUT2D eigenvalue weighted by Gasteiger charge is 2.36. The van der Waals surface area contributed by atoms with Crippen molar-refractivity contribution < 1.29 is 19.1 Å². The molecule has 0 spiro atoms. The second kappa shape index (κ2) is 12.9. The third-order valence-corrected chi connectivity index (χ3v) is 5.91. The van der Waals surface area contributed by atoms with Gasteiger partial charge in [-0.05, 0) is 45.6 Å². The molecule has 2 N–H and O–H groups in total. The highest BCUT2D eigenvalue weighted by Crippen LogP contribution is 2.25. The number of hydrogen-bond acceptors (Lipinski definition) is 5. The average Bonchev–Trinajstić information content (AvgIpc) is 2.77. The zero-order chi connectivity index (χ0) is 24.4. The summed E-state index contributed by atoms with van der Waals surface area (Å²) in [4.78, 5) is 41.0. The Kier molecular flexibility index (Phi) is 10.5. The molecule has 8 heteroatoms. The summed E-state index contributed by atoms with van der Waals surface area (Å²) in [7, 11) is 0. The molecule has 0 heterocycles. The van der Waals surface area contributed by atoms with Crippen LogP contribution < -0.4 is 10.6 Å². The predicted molar refractivity (Wildman–Crippen MR) is 133 cm³/mol. The molecule has 0 aromatic heterocycles. The van der Waals surface area contributed by atoms with Gasteiger partial charge in [-0.2, -0.15) is 12.6 Å². The number of carbonyl (C=O) groups excluding carboxylic acids is 3. The van der Waals surface area contributed by atoms with Crippen molar-refractivity contribution in [3.05, 3.63) is 35.9 Å². The van der Waals surface area contributed by atoms with E-state index in [-0.39, 0.29) is 23.6 Å². The first-order chi connectivity index (χ1) is 15.7. The molecular formula is C25H39N3O4S. The molecule has 0 saturated heterocycles. The van der Waals surface area contributed by atoms with Crippen molar-refractivity contribution in [2.45, 2.75) is 89.9 Å². The Morgan fingerprint density at radius 2 is 1.76 bits per heavy atom. The fourth-order valence-electron chi connectivity index (χ4n) is 4.08. The summed E-state index contributed by atoms with van der Waals surface area (Å²) in [6.45, 7) is 7.60. The van der Waals surface area contributed by atoms with Crippen molar-refractivity contribution in [1.82, 2.24) is 15.5 Å². The zero-order valence-corrected chi connectivity index (χ0v) is 21.2. The molecule has 1 aliphatic rings. The molecule has 1 saturated carbocycles. The van der Waals surface area contributed by atoms with Gasteiger partial charge in [-0.15, -0.1) is 0 Å². The monoisotopic (exact) mass is 477 g/mol. The molecule has 0 aliphatic heterocycles. The minimum Gasteiger partial charge on any atom is -0.444 e. The fourth-order valence-corrected chi connectivity index (χ4v) is 4.33. The fraction of sp³-hybridized carbons (Fsp3) is 0.640. The lowest BCUT2D eigenvalue weighted by Crippen LogP contribution is -2.54. The molecule has 0 bridgehead atoms. The van der Waals surface area contributed by atoms with Crippen LogP contribution in [-0.2, 0) is 14.3 Å². The van der Waals surface area contributed by atoms with E-state index >= 15 is 0 Å². The summed E-state index contributed by atoms with van der Waals surface area (Å²) in [6, 6.07) is 7.74. The van der Waals surface area contributed by atoms with Gasteiger partial charge in [-0.1, -0.05) is 56.5 Å². The van der Waals surface area contributed by atoms with E-state index < -0.39 is 23.8 Å². The number of nitrogens with zero attached hydrogens (tertiary/aromatic N) is 1. The third-order valence-electron chi connectivity index (χ3n) is 5.55. The first-order valence-electron chi connectivity index (χ1n) is 11.9. The van der Waals surface area contributed by atoms with Crippen LogP contribution >= 0.6 is 12.6 Å². The SMILES string of the molecule is CCCN(C(=O)C(CS)NC(=O)OC(C)(C)C)C(C(=O)NC1CCCCC1)c1ccccc1. The van der Waals surface area contributed by atoms with E-state index in [4.69, 9.17) is 4.74 Å². The van der Waals surface area contributed by atoms with Crippen molar-refractivity contribution in [2.24, 2.45) is 0 Å². The molecule has 0 radical (unpaired) electrons. The van der Waals surface area contributed by atoms with Gasteiger partial charge >= 0.3 is 6.09 Å². The summed E-state index contributed by atoms with van der Waals surface area (Å²) in [5.74, 6) is -0.459. The smallest absolute Gasteiger partial charge is 0.408 e. The molecule has 184 valence electrons. The molecule has 1 fully saturated rings. The summed E-state index contributed by atoms with van der Waals surface area (Å²) < 4.78 is 5.32. The lowest BCUT2D eigenvalue weighted by Gasteiger charge is -2.35. The van der Waals surface area contributed by atoms with Gasteiger partial charge in [0, 0.05) is 18.3 Å². The Labute approximate surface area is 203 Å². The standard InChI is InChI=1S/C25H39N3O4S/c1-5-16-28(23(30)20(17-33)27-24(31)32-25(2,3)4)21(18-12-8-6-9-13-18)22(29)26-19-14-10-7-11-15-19/h6,8-9,12-13,19-21,33H,5,7,10-11,14-17H2,1-4H3,(H,26,29)(H,27,31). The maximum Gasteiger partial charge on any atom is 0.408 e. The number of alkyl carbamates (subject to hydrolysis) is 1. The van der Waals surface area contributed by atoms with Crippen molar-refractivity contribution in [3.8, 4) is 0 Å². The number of thiol groups is 1. The summed E-state index contributed by atoms with van der Waals surface area (Å²) >= 11 is 4.30. The van der Waals surface area contributed by atoms with Gasteiger partial charge in [0.2, 0.25) is 11.8 Å². The van der Waals surface area contributed by atoms with Gasteiger partial charge in [-0.3, -0.25) is 9.59 Å². The van der Waals surface area contributed by atoms with E-state index in [2.05, 4.69) is 23.3 Å². The second-order valence-electron chi connectivity index (χ2n) is 9.57. The lowest BCUT2D eigenvalue weighted by molar-refractivity contribution is -0.142. The maximum absolute atomic E-state index is 13.6. The minimum atomic E-state index is -0.913. The average molecular weight is 478 g/mol. The molecule has 1 aliphatic carbocycles. The number of nitrogens with one attached hydrogen (secondary N) is 2. The van der Waals surface area contributed by atoms with Crippen molar-refractivity contribution in [1.29, 1.82) is 0 Å². The van der Waals surface area contributed by atoms with E-state index in [9.17, 15) is 14.4 Å². The van der Waals surface area contributed by atoms with Gasteiger partial charge < -0.3 is 20.3 Å². The molecule has 1 aromatic rings. The van der Waals surface area contributed by atoms with E-state index in [0.717, 1.165) is 31.2 Å². The summed E-state index contributed by atoms with van der Waals surface area (Å²) in [5.41, 5.74) is 0.0481. The van der Waals surface area contributed by atoms with Crippen molar-refractivity contribution in [2.75, 3.05) is 12.3 Å². The van der Waals surface area contributed by atoms with Crippen LogP contribution in [-0.4, -0.2) is 52.8 Å². The number of ether oxygens (including phenoxy) is 1. The van der Waals surface area contributed by atoms with E-state index in [0.29, 0.717) is 13.0 Å². The van der Waals surface area contributed by atoms with Crippen LogP contribution in [0.5, 0.6) is 0 Å². The largest absolute Gasteiger partial charge is 0.444 e. The normalized spacial score (nSPS) is 16.4. The first-order valence-corrected chi connectivity index (χ1v) is 12.6. The van der Waals surface area contributed by atoms with Gasteiger partial charge in [0.05, 0.1) is 0 Å². The van der Waals surface area contributed by atoms with Gasteiger partial charge in [-0.25, -0.2) is 4.79 Å². The molecule has 33 heavy (non-hydrogen) atoms. The maximum atomic E-state index is 13.6. The first kappa shape index (κ1) is 27.0. The highest BCUT2D eigenvalue weighted by atomic mass is 32.1. The predicted octanol–water partition coefficient (Wildman–Crippen LogP) is 4.24. The highest BCUT2D eigenvalue weighted by molar-refractivity contribution is 7.80. The summed E-state index contributed by atoms with van der Waals surface area (Å²) in [6.07, 6.45) is 5.27. The molecular weight excluding hydrogens is 438 g/mol. The molecule has 7 nitrogen and oxygen atoms in total. The van der Waals surface area contributed by atoms with Crippen molar-refractivity contribution in [3.63, 3.8) is 0 Å². The lowest BCUT2D eigenvalue weighted by atomic mass is 9.94. The van der Waals surface area contributed by atoms with Crippen LogP contribution in [0.4, 0.5) is 4.79 Å². The van der Waals surface area contributed by atoms with Crippen LogP contribution in [0.25, 0.3) is 0 Å². The Morgan fingerprint density at radius 3 is 2.30 bits per heavy atom. The topological polar surface area (TPSA) is 87.7 Å². The molecule has 1 aromatic carbocycles. The Hall–Kier alpha value is -2.22. The summed E-state index contributed by atoms with van der Waals surface area (Å²) in [5, 5.41) is 5.80. The van der Waals surface area contributed by atoms with Crippen LogP contribution in [0.15, 0.2) is 30.3 Å². The molecule has 2 atom stereocenters. The number of amides is 3. The minimum absolute atomic E-state index is 0.0873. The van der Waals surface area contributed by atoms with Gasteiger partial charge in [0.1, 0.15) is 17.7 Å². The number of benzene rings is 1. The van der Waals surface area contributed by atoms with Crippen LogP contribution in [0.3, 0.4) is 0 Å². The van der Waals surface area contributed by atoms with E-state index in [1.54, 1.807) is 25.7 Å². The molecule has 2 rings (SSSR count). The van der Waals surface area contributed by atoms with E-state index in [1.807, 2.05) is 37.3 Å². The molecule has 2 unspecified atom stereocenters. The second-order valence-corrected chi connectivity index (χ2v) is 9.93. The van der Waals surface area contributed by atoms with Gasteiger partial charge in [0.15, 0.2) is 0 Å². The Morgan fingerprint density at radius 1 is 1.12 bits per heavy atom. The number of hydrogen-bond donors (Lipinski definition) is 3. The quantitative estimate of drug-likeness (QED) is 0.464. The Bertz CT molecular complexity index is 776. The number of carbonyl (C=O) groups is 3. The Balaban J connectivity index is 2.29. The zero-order valence-electron chi connectivity index (χ0n) is 20.3. The van der Waals surface area contributed by atoms with Crippen LogP contribution in [0.1, 0.15) is 77.8 Å². The van der Waals surface area contributed by atoms with E-state index in [1.165, 1.54) is 6.42 Å². The van der Waals surface area contributed by atoms with Crippen LogP contribution in [0, 0.1) is 0 Å². The molecule has 3 amide bonds.